The highest BCUT2D eigenvalue weighted by Gasteiger charge is 2.40. The molecule has 1 unspecified atom stereocenters. The van der Waals surface area contributed by atoms with Gasteiger partial charge < -0.3 is 21.9 Å². The van der Waals surface area contributed by atoms with Crippen LogP contribution < -0.4 is 22.3 Å². The topological polar surface area (TPSA) is 19.9 Å². The lowest BCUT2D eigenvalue weighted by Crippen LogP contribution is -3.00. The molecule has 0 saturated carbocycles. The first kappa shape index (κ1) is 11.3. The summed E-state index contributed by atoms with van der Waals surface area (Å²) in [6, 6.07) is 0. The van der Waals surface area contributed by atoms with Crippen LogP contribution in [0.2, 0.25) is 0 Å². The number of quaternary nitrogens is 1. The first-order chi connectivity index (χ1) is 5.73. The van der Waals surface area contributed by atoms with Crippen molar-refractivity contribution in [3.8, 4) is 0 Å². The van der Waals surface area contributed by atoms with E-state index in [0.717, 1.165) is 18.4 Å². The minimum Gasteiger partial charge on any atom is -1.00 e. The summed E-state index contributed by atoms with van der Waals surface area (Å²) in [5, 5.41) is 3.42. The summed E-state index contributed by atoms with van der Waals surface area (Å²) < 4.78 is 0. The van der Waals surface area contributed by atoms with Crippen LogP contribution in [0.15, 0.2) is 24.0 Å². The van der Waals surface area contributed by atoms with E-state index >= 15 is 0 Å². The number of nitrogens with two attached hydrogens (primary N) is 1. The fraction of sp³-hybridized carbons (Fsp3) is 0.556. The highest BCUT2D eigenvalue weighted by atomic mass is 79.9. The van der Waals surface area contributed by atoms with Gasteiger partial charge in [0.1, 0.15) is 5.54 Å². The van der Waals surface area contributed by atoms with E-state index in [1.165, 1.54) is 5.82 Å². The minimum atomic E-state index is 0. The summed E-state index contributed by atoms with van der Waals surface area (Å²) in [5.41, 5.74) is 0.331. The Balaban J connectivity index is 0.000000845. The maximum atomic E-state index is 3.56. The summed E-state index contributed by atoms with van der Waals surface area (Å²) in [6.45, 7) is 4.51. The third kappa shape index (κ3) is 2.17. The van der Waals surface area contributed by atoms with Gasteiger partial charge in [0, 0.05) is 12.6 Å². The summed E-state index contributed by atoms with van der Waals surface area (Å²) in [5.74, 6) is 1.39. The van der Waals surface area contributed by atoms with Gasteiger partial charge in [-0.3, -0.25) is 5.32 Å². The molecule has 0 bridgehead atoms. The van der Waals surface area contributed by atoms with E-state index in [4.69, 9.17) is 0 Å². The van der Waals surface area contributed by atoms with E-state index in [2.05, 4.69) is 51.3 Å². The molecule has 2 N–H and O–H groups in total. The zero-order chi connectivity index (χ0) is 8.60. The van der Waals surface area contributed by atoms with Crippen LogP contribution in [0.25, 0.3) is 0 Å². The van der Waals surface area contributed by atoms with Crippen LogP contribution in [-0.4, -0.2) is 28.9 Å². The fourth-order valence-electron chi connectivity index (χ4n) is 1.78. The quantitative estimate of drug-likeness (QED) is 0.528. The van der Waals surface area contributed by atoms with Crippen molar-refractivity contribution in [3.63, 3.8) is 0 Å². The first-order valence-electron chi connectivity index (χ1n) is 4.27. The molecule has 1 fully saturated rings. The second-order valence-corrected chi connectivity index (χ2v) is 4.39. The number of alkyl halides is 1. The summed E-state index contributed by atoms with van der Waals surface area (Å²) in [6.07, 6.45) is 6.54. The molecule has 0 aromatic heterocycles. The van der Waals surface area contributed by atoms with Crippen molar-refractivity contribution in [2.45, 2.75) is 12.5 Å². The Kier molecular flexibility index (Phi) is 3.60. The van der Waals surface area contributed by atoms with E-state index < -0.39 is 0 Å². The number of allylic oxidation sites excluding steroid dienone is 2. The standard InChI is InChI=1S/C9H13BrN2.BrH/c1-9(6-10)7-12-5-3-2-4-8(12)11-9;/h2-4,11H,5-7H2,1H3;1H. The Bertz CT molecular complexity index is 250. The molecule has 0 radical (unpaired) electrons. The van der Waals surface area contributed by atoms with Gasteiger partial charge in [-0.1, -0.05) is 28.1 Å². The van der Waals surface area contributed by atoms with Gasteiger partial charge in [0.15, 0.2) is 0 Å². The van der Waals surface area contributed by atoms with Crippen LogP contribution in [0, 0.1) is 0 Å². The molecule has 1 saturated heterocycles. The summed E-state index contributed by atoms with van der Waals surface area (Å²) >= 11 is 3.56. The number of hydrogen-bond acceptors (Lipinski definition) is 1. The lowest BCUT2D eigenvalue weighted by atomic mass is 10.1. The Hall–Kier alpha value is 0.200. The fourth-order valence-corrected chi connectivity index (χ4v) is 2.12. The van der Waals surface area contributed by atoms with Crippen LogP contribution in [0.5, 0.6) is 0 Å². The van der Waals surface area contributed by atoms with E-state index in [0.29, 0.717) is 5.54 Å². The van der Waals surface area contributed by atoms with Crippen molar-refractivity contribution in [1.82, 2.24) is 4.90 Å². The Morgan fingerprint density at radius 3 is 3.08 bits per heavy atom. The van der Waals surface area contributed by atoms with Gasteiger partial charge in [0.2, 0.25) is 5.82 Å². The van der Waals surface area contributed by atoms with Gasteiger partial charge in [-0.05, 0) is 6.92 Å². The van der Waals surface area contributed by atoms with Crippen molar-refractivity contribution in [2.75, 3.05) is 18.4 Å². The monoisotopic (exact) mass is 308 g/mol. The van der Waals surface area contributed by atoms with Crippen molar-refractivity contribution >= 4 is 15.9 Å². The molecule has 4 heteroatoms. The third-order valence-corrected chi connectivity index (χ3v) is 3.73. The molecule has 0 aromatic rings. The van der Waals surface area contributed by atoms with Crippen molar-refractivity contribution in [3.05, 3.63) is 24.0 Å². The molecule has 0 aromatic carbocycles. The largest absolute Gasteiger partial charge is 1.00 e. The van der Waals surface area contributed by atoms with Crippen LogP contribution in [0.3, 0.4) is 0 Å². The van der Waals surface area contributed by atoms with Gasteiger partial charge in [0.25, 0.3) is 0 Å². The van der Waals surface area contributed by atoms with E-state index in [1.54, 1.807) is 0 Å². The number of hydrogen-bond donors (Lipinski definition) is 1. The van der Waals surface area contributed by atoms with Crippen LogP contribution in [0.4, 0.5) is 0 Å². The SMILES string of the molecule is CC1(CBr)CN2CC=CC=C2[NH2+]1.[Br-]. The molecule has 74 valence electrons. The number of fused-ring (bicyclic) bond motifs is 1. The van der Waals surface area contributed by atoms with Gasteiger partial charge in [-0.25, -0.2) is 0 Å². The average molecular weight is 310 g/mol. The molecule has 13 heavy (non-hydrogen) atoms. The molecule has 0 spiro atoms. The second-order valence-electron chi connectivity index (χ2n) is 3.83. The van der Waals surface area contributed by atoms with E-state index in [-0.39, 0.29) is 17.0 Å². The van der Waals surface area contributed by atoms with E-state index in [9.17, 15) is 0 Å². The van der Waals surface area contributed by atoms with Crippen LogP contribution in [-0.2, 0) is 0 Å². The highest BCUT2D eigenvalue weighted by molar-refractivity contribution is 9.09. The summed E-state index contributed by atoms with van der Waals surface area (Å²) in [7, 11) is 0. The average Bonchev–Trinajstić information content (AvgIpc) is 2.42. The number of rotatable bonds is 1. The highest BCUT2D eigenvalue weighted by Crippen LogP contribution is 2.17. The van der Waals surface area contributed by atoms with Crippen LogP contribution >= 0.6 is 15.9 Å². The normalized spacial score (nSPS) is 30.9. The van der Waals surface area contributed by atoms with E-state index in [1.807, 2.05) is 0 Å². The zero-order valence-electron chi connectivity index (χ0n) is 7.63. The Labute approximate surface area is 98.0 Å². The maximum absolute atomic E-state index is 3.56. The predicted molar refractivity (Wildman–Crippen MR) is 52.9 cm³/mol. The zero-order valence-corrected chi connectivity index (χ0v) is 10.8. The first-order valence-corrected chi connectivity index (χ1v) is 5.39. The molecule has 2 rings (SSSR count). The lowest BCUT2D eigenvalue weighted by molar-refractivity contribution is -0.660. The molecule has 2 aliphatic rings. The van der Waals surface area contributed by atoms with Gasteiger partial charge >= 0.3 is 0 Å². The third-order valence-electron chi connectivity index (χ3n) is 2.45. The van der Waals surface area contributed by atoms with Gasteiger partial charge in [-0.2, -0.15) is 0 Å². The molecule has 1 atom stereocenters. The molecule has 0 amide bonds. The van der Waals surface area contributed by atoms with Gasteiger partial charge in [0.05, 0.1) is 11.9 Å². The van der Waals surface area contributed by atoms with Crippen molar-refractivity contribution < 1.29 is 22.3 Å². The molecule has 2 nitrogen and oxygen atoms in total. The maximum Gasteiger partial charge on any atom is 0.201 e. The predicted octanol–water partition coefficient (Wildman–Crippen LogP) is -2.57. The van der Waals surface area contributed by atoms with Crippen molar-refractivity contribution in [1.29, 1.82) is 0 Å². The molecular weight excluding hydrogens is 296 g/mol. The van der Waals surface area contributed by atoms with Crippen molar-refractivity contribution in [2.24, 2.45) is 0 Å². The molecule has 2 aliphatic heterocycles. The molecular formula is C9H14Br2N2. The lowest BCUT2D eigenvalue weighted by Gasteiger charge is -2.16. The molecule has 0 aliphatic carbocycles. The van der Waals surface area contributed by atoms with Crippen LogP contribution in [0.1, 0.15) is 6.92 Å². The number of nitrogens with zero attached hydrogens (tertiary/aromatic N) is 1. The number of halogens is 2. The smallest absolute Gasteiger partial charge is 0.201 e. The Morgan fingerprint density at radius 2 is 2.46 bits per heavy atom. The Morgan fingerprint density at radius 1 is 1.69 bits per heavy atom. The minimum absolute atomic E-state index is 0. The molecule has 2 heterocycles. The van der Waals surface area contributed by atoms with Gasteiger partial charge in [-0.15, -0.1) is 0 Å². The summed E-state index contributed by atoms with van der Waals surface area (Å²) in [4.78, 5) is 2.42. The second kappa shape index (κ2) is 4.15.